The van der Waals surface area contributed by atoms with Crippen LogP contribution in [0.15, 0.2) is 60.7 Å². The van der Waals surface area contributed by atoms with Crippen molar-refractivity contribution in [3.63, 3.8) is 0 Å². The van der Waals surface area contributed by atoms with Crippen LogP contribution in [-0.4, -0.2) is 10.8 Å². The van der Waals surface area contributed by atoms with E-state index in [0.717, 1.165) is 22.0 Å². The Morgan fingerprint density at radius 2 is 1.71 bits per heavy atom. The number of pyridine rings is 1. The van der Waals surface area contributed by atoms with Crippen molar-refractivity contribution in [2.75, 3.05) is 0 Å². The van der Waals surface area contributed by atoms with Crippen LogP contribution in [0.4, 0.5) is 0 Å². The molecule has 21 heavy (non-hydrogen) atoms. The minimum absolute atomic E-state index is 0.125. The molecule has 1 aromatic heterocycles. The molecule has 2 aromatic carbocycles. The number of carbonyl (C=O) groups is 1. The van der Waals surface area contributed by atoms with Crippen molar-refractivity contribution in [1.82, 2.24) is 4.98 Å². The normalized spacial score (nSPS) is 10.7. The first-order valence-electron chi connectivity index (χ1n) is 6.86. The van der Waals surface area contributed by atoms with Gasteiger partial charge in [-0.3, -0.25) is 4.79 Å². The molecule has 0 atom stereocenters. The van der Waals surface area contributed by atoms with Crippen LogP contribution < -0.4 is 0 Å². The summed E-state index contributed by atoms with van der Waals surface area (Å²) in [6.07, 6.45) is 1.04. The van der Waals surface area contributed by atoms with E-state index in [9.17, 15) is 4.79 Å². The summed E-state index contributed by atoms with van der Waals surface area (Å²) in [5, 5.41) is 1.53. The Bertz CT molecular complexity index is 784. The van der Waals surface area contributed by atoms with Crippen molar-refractivity contribution in [3.05, 3.63) is 76.9 Å². The molecule has 0 aliphatic carbocycles. The summed E-state index contributed by atoms with van der Waals surface area (Å²) < 4.78 is 0. The molecule has 0 aliphatic heterocycles. The molecule has 0 N–H and O–H groups in total. The number of halogens is 1. The van der Waals surface area contributed by atoms with Crippen LogP contribution in [0.5, 0.6) is 0 Å². The SMILES string of the molecule is O=C(CCc1cc2ccccc2nc1Cl)c1ccccc1. The lowest BCUT2D eigenvalue weighted by atomic mass is 10.0. The Kier molecular flexibility index (Phi) is 3.98. The van der Waals surface area contributed by atoms with Gasteiger partial charge in [-0.25, -0.2) is 4.98 Å². The van der Waals surface area contributed by atoms with Crippen LogP contribution in [0, 0.1) is 0 Å². The summed E-state index contributed by atoms with van der Waals surface area (Å²) in [6, 6.07) is 19.2. The van der Waals surface area contributed by atoms with Gasteiger partial charge < -0.3 is 0 Å². The molecular formula is C18H14ClNO. The molecule has 0 radical (unpaired) electrons. The first-order chi connectivity index (χ1) is 10.2. The van der Waals surface area contributed by atoms with Crippen LogP contribution in [0.1, 0.15) is 22.3 Å². The van der Waals surface area contributed by atoms with E-state index >= 15 is 0 Å². The minimum Gasteiger partial charge on any atom is -0.294 e. The molecule has 0 amide bonds. The molecule has 104 valence electrons. The molecule has 0 unspecified atom stereocenters. The first kappa shape index (κ1) is 13.8. The maximum absolute atomic E-state index is 12.1. The van der Waals surface area contributed by atoms with E-state index in [1.54, 1.807) is 0 Å². The Morgan fingerprint density at radius 3 is 2.52 bits per heavy atom. The average Bonchev–Trinajstić information content (AvgIpc) is 2.53. The van der Waals surface area contributed by atoms with E-state index < -0.39 is 0 Å². The third-order valence-electron chi connectivity index (χ3n) is 3.47. The van der Waals surface area contributed by atoms with E-state index in [4.69, 9.17) is 11.6 Å². The van der Waals surface area contributed by atoms with Crippen LogP contribution in [0.2, 0.25) is 5.15 Å². The highest BCUT2D eigenvalue weighted by atomic mass is 35.5. The second-order valence-electron chi connectivity index (χ2n) is 4.92. The summed E-state index contributed by atoms with van der Waals surface area (Å²) >= 11 is 6.21. The van der Waals surface area contributed by atoms with Gasteiger partial charge in [-0.05, 0) is 24.1 Å². The maximum atomic E-state index is 12.1. The van der Waals surface area contributed by atoms with E-state index in [0.29, 0.717) is 18.0 Å². The second kappa shape index (κ2) is 6.06. The standard InChI is InChI=1S/C18H14ClNO/c19-18-15(12-14-8-4-5-9-16(14)20-18)10-11-17(21)13-6-2-1-3-7-13/h1-9,12H,10-11H2. The molecule has 1 heterocycles. The van der Waals surface area contributed by atoms with E-state index in [1.807, 2.05) is 60.7 Å². The van der Waals surface area contributed by atoms with Gasteiger partial charge in [0.25, 0.3) is 0 Å². The molecule has 0 fully saturated rings. The summed E-state index contributed by atoms with van der Waals surface area (Å²) in [7, 11) is 0. The molecule has 3 rings (SSSR count). The number of rotatable bonds is 4. The quantitative estimate of drug-likeness (QED) is 0.515. The highest BCUT2D eigenvalue weighted by Gasteiger charge is 2.09. The third kappa shape index (κ3) is 3.11. The third-order valence-corrected chi connectivity index (χ3v) is 3.79. The summed E-state index contributed by atoms with van der Waals surface area (Å²) in [5.41, 5.74) is 2.53. The van der Waals surface area contributed by atoms with Crippen LogP contribution >= 0.6 is 11.6 Å². The fourth-order valence-corrected chi connectivity index (χ4v) is 2.57. The molecule has 3 heteroatoms. The number of Topliss-reactive ketones (excluding diaryl/α,β-unsaturated/α-hetero) is 1. The van der Waals surface area contributed by atoms with Gasteiger partial charge in [0.05, 0.1) is 5.52 Å². The molecular weight excluding hydrogens is 282 g/mol. The molecule has 3 aromatic rings. The van der Waals surface area contributed by atoms with Gasteiger partial charge in [0.15, 0.2) is 5.78 Å². The number of carbonyl (C=O) groups excluding carboxylic acids is 1. The number of aromatic nitrogens is 1. The molecule has 2 nitrogen and oxygen atoms in total. The lowest BCUT2D eigenvalue weighted by Gasteiger charge is -2.06. The number of hydrogen-bond acceptors (Lipinski definition) is 2. The van der Waals surface area contributed by atoms with E-state index in [1.165, 1.54) is 0 Å². The lowest BCUT2D eigenvalue weighted by molar-refractivity contribution is 0.0983. The highest BCUT2D eigenvalue weighted by molar-refractivity contribution is 6.30. The van der Waals surface area contributed by atoms with Crippen molar-refractivity contribution in [2.24, 2.45) is 0 Å². The number of para-hydroxylation sites is 1. The monoisotopic (exact) mass is 295 g/mol. The zero-order chi connectivity index (χ0) is 14.7. The smallest absolute Gasteiger partial charge is 0.163 e. The average molecular weight is 296 g/mol. The maximum Gasteiger partial charge on any atom is 0.163 e. The van der Waals surface area contributed by atoms with Crippen LogP contribution in [0.25, 0.3) is 10.9 Å². The highest BCUT2D eigenvalue weighted by Crippen LogP contribution is 2.22. The Hall–Kier alpha value is -2.19. The summed E-state index contributed by atoms with van der Waals surface area (Å²) in [4.78, 5) is 16.5. The number of hydrogen-bond donors (Lipinski definition) is 0. The number of fused-ring (bicyclic) bond motifs is 1. The molecule has 0 spiro atoms. The zero-order valence-corrected chi connectivity index (χ0v) is 12.2. The van der Waals surface area contributed by atoms with Gasteiger partial charge in [-0.2, -0.15) is 0 Å². The van der Waals surface area contributed by atoms with E-state index in [-0.39, 0.29) is 5.78 Å². The number of benzene rings is 2. The van der Waals surface area contributed by atoms with Gasteiger partial charge in [0, 0.05) is 17.4 Å². The molecule has 0 saturated heterocycles. The zero-order valence-electron chi connectivity index (χ0n) is 11.4. The van der Waals surface area contributed by atoms with Crippen molar-refractivity contribution in [3.8, 4) is 0 Å². The van der Waals surface area contributed by atoms with Crippen molar-refractivity contribution >= 4 is 28.3 Å². The Morgan fingerprint density at radius 1 is 1.00 bits per heavy atom. The predicted molar refractivity (Wildman–Crippen MR) is 85.8 cm³/mol. The van der Waals surface area contributed by atoms with Crippen LogP contribution in [-0.2, 0) is 6.42 Å². The first-order valence-corrected chi connectivity index (χ1v) is 7.24. The lowest BCUT2D eigenvalue weighted by Crippen LogP contribution is -2.01. The summed E-state index contributed by atoms with van der Waals surface area (Å²) in [6.45, 7) is 0. The largest absolute Gasteiger partial charge is 0.294 e. The van der Waals surface area contributed by atoms with Gasteiger partial charge in [-0.15, -0.1) is 0 Å². The number of aryl methyl sites for hydroxylation is 1. The second-order valence-corrected chi connectivity index (χ2v) is 5.28. The molecule has 0 saturated carbocycles. The number of ketones is 1. The molecule has 0 aliphatic rings. The minimum atomic E-state index is 0.125. The van der Waals surface area contributed by atoms with Crippen molar-refractivity contribution < 1.29 is 4.79 Å². The predicted octanol–water partition coefficient (Wildman–Crippen LogP) is 4.70. The van der Waals surface area contributed by atoms with Crippen molar-refractivity contribution in [2.45, 2.75) is 12.8 Å². The Labute approximate surface area is 128 Å². The van der Waals surface area contributed by atoms with Gasteiger partial charge in [0.2, 0.25) is 0 Å². The van der Waals surface area contributed by atoms with Gasteiger partial charge in [0.1, 0.15) is 5.15 Å². The van der Waals surface area contributed by atoms with Gasteiger partial charge >= 0.3 is 0 Å². The molecule has 0 bridgehead atoms. The summed E-state index contributed by atoms with van der Waals surface area (Å²) in [5.74, 6) is 0.125. The topological polar surface area (TPSA) is 30.0 Å². The van der Waals surface area contributed by atoms with Crippen LogP contribution in [0.3, 0.4) is 0 Å². The van der Waals surface area contributed by atoms with Crippen molar-refractivity contribution in [1.29, 1.82) is 0 Å². The number of nitrogens with zero attached hydrogens (tertiary/aromatic N) is 1. The fraction of sp³-hybridized carbons (Fsp3) is 0.111. The van der Waals surface area contributed by atoms with E-state index in [2.05, 4.69) is 4.98 Å². The van der Waals surface area contributed by atoms with Gasteiger partial charge in [-0.1, -0.05) is 60.1 Å². The Balaban J connectivity index is 1.79. The fourth-order valence-electron chi connectivity index (χ4n) is 2.33.